The van der Waals surface area contributed by atoms with E-state index in [2.05, 4.69) is 6.92 Å². The van der Waals surface area contributed by atoms with E-state index in [1.807, 2.05) is 0 Å². The zero-order valence-electron chi connectivity index (χ0n) is 18.1. The molecular weight excluding hydrogens is 349 g/mol. The van der Waals surface area contributed by atoms with E-state index in [9.17, 15) is 4.39 Å². The number of ether oxygens (including phenoxy) is 1. The van der Waals surface area contributed by atoms with E-state index in [1.54, 1.807) is 6.07 Å². The number of hydrogen-bond acceptors (Lipinski definition) is 2. The molecule has 0 heterocycles. The van der Waals surface area contributed by atoms with Crippen LogP contribution in [0.2, 0.25) is 0 Å². The van der Waals surface area contributed by atoms with Crippen molar-refractivity contribution in [1.82, 2.24) is 0 Å². The number of nitriles is 1. The summed E-state index contributed by atoms with van der Waals surface area (Å²) in [5.41, 5.74) is 0. The number of rotatable bonds is 12. The quantitative estimate of drug-likeness (QED) is 0.250. The summed E-state index contributed by atoms with van der Waals surface area (Å²) in [5.74, 6) is 1.81. The highest BCUT2D eigenvalue weighted by atomic mass is 19.1. The minimum atomic E-state index is -0.636. The first kappa shape index (κ1) is 23.4. The SMILES string of the molecule is CCCCCCC[C@H]1CC[C@H](COC2CCC(CCC=C(F)C#N)CC2)CC1. The van der Waals surface area contributed by atoms with Gasteiger partial charge in [0.15, 0.2) is 5.83 Å². The predicted octanol–water partition coefficient (Wildman–Crippen LogP) is 7.89. The van der Waals surface area contributed by atoms with Crippen molar-refractivity contribution in [3.63, 3.8) is 0 Å². The highest BCUT2D eigenvalue weighted by molar-refractivity contribution is 5.11. The van der Waals surface area contributed by atoms with Gasteiger partial charge in [0.1, 0.15) is 6.07 Å². The average Bonchev–Trinajstić information content (AvgIpc) is 2.73. The molecule has 0 atom stereocenters. The fourth-order valence-corrected chi connectivity index (χ4v) is 5.07. The van der Waals surface area contributed by atoms with Gasteiger partial charge in [-0.1, -0.05) is 58.3 Å². The van der Waals surface area contributed by atoms with Gasteiger partial charge in [0.2, 0.25) is 0 Å². The van der Waals surface area contributed by atoms with Crippen LogP contribution in [0.15, 0.2) is 11.9 Å². The zero-order chi connectivity index (χ0) is 20.0. The van der Waals surface area contributed by atoms with E-state index in [4.69, 9.17) is 10.00 Å². The van der Waals surface area contributed by atoms with Crippen LogP contribution in [0.5, 0.6) is 0 Å². The molecule has 0 aromatic rings. The lowest BCUT2D eigenvalue weighted by Gasteiger charge is -2.32. The topological polar surface area (TPSA) is 33.0 Å². The maximum absolute atomic E-state index is 12.8. The Kier molecular flexibility index (Phi) is 11.8. The van der Waals surface area contributed by atoms with E-state index in [0.29, 0.717) is 18.4 Å². The van der Waals surface area contributed by atoms with Crippen LogP contribution in [-0.4, -0.2) is 12.7 Å². The lowest BCUT2D eigenvalue weighted by atomic mass is 9.80. The van der Waals surface area contributed by atoms with Gasteiger partial charge < -0.3 is 4.74 Å². The summed E-state index contributed by atoms with van der Waals surface area (Å²) in [6.07, 6.45) is 22.3. The molecule has 0 radical (unpaired) electrons. The monoisotopic (exact) mass is 391 g/mol. The van der Waals surface area contributed by atoms with Gasteiger partial charge in [-0.3, -0.25) is 0 Å². The summed E-state index contributed by atoms with van der Waals surface area (Å²) in [5, 5.41) is 8.44. The summed E-state index contributed by atoms with van der Waals surface area (Å²) in [4.78, 5) is 0. The number of allylic oxidation sites excluding steroid dienone is 2. The van der Waals surface area contributed by atoms with Gasteiger partial charge in [-0.2, -0.15) is 9.65 Å². The second kappa shape index (κ2) is 14.2. The maximum atomic E-state index is 12.8. The third-order valence-electron chi connectivity index (χ3n) is 7.05. The molecular formula is C25H42FNO. The molecule has 0 N–H and O–H groups in total. The molecule has 160 valence electrons. The van der Waals surface area contributed by atoms with Crippen LogP contribution in [0.4, 0.5) is 4.39 Å². The van der Waals surface area contributed by atoms with Crippen LogP contribution in [0, 0.1) is 29.1 Å². The van der Waals surface area contributed by atoms with Gasteiger partial charge in [-0.15, -0.1) is 0 Å². The molecule has 0 aromatic heterocycles. The molecule has 2 aliphatic carbocycles. The standard InChI is InChI=1S/C25H42FNO/c1-2-3-4-5-6-8-21-11-13-23(14-12-21)20-28-25-17-15-22(16-18-25)9-7-10-24(26)19-27/h10,21-23,25H,2-9,11-18,20H2,1H3/t21-,22?,23-,25?. The molecule has 2 fully saturated rings. The fourth-order valence-electron chi connectivity index (χ4n) is 5.07. The van der Waals surface area contributed by atoms with E-state index < -0.39 is 5.83 Å². The lowest BCUT2D eigenvalue weighted by Crippen LogP contribution is -2.26. The van der Waals surface area contributed by atoms with Crippen molar-refractivity contribution in [3.05, 3.63) is 11.9 Å². The Morgan fingerprint density at radius 2 is 1.50 bits per heavy atom. The van der Waals surface area contributed by atoms with Gasteiger partial charge in [-0.05, 0) is 75.2 Å². The summed E-state index contributed by atoms with van der Waals surface area (Å²) in [6, 6.07) is 1.55. The Morgan fingerprint density at radius 1 is 0.893 bits per heavy atom. The average molecular weight is 392 g/mol. The summed E-state index contributed by atoms with van der Waals surface area (Å²) < 4.78 is 19.1. The van der Waals surface area contributed by atoms with E-state index in [-0.39, 0.29) is 0 Å². The molecule has 0 saturated heterocycles. The molecule has 0 bridgehead atoms. The Hall–Kier alpha value is -0.880. The second-order valence-electron chi connectivity index (χ2n) is 9.31. The molecule has 0 amide bonds. The van der Waals surface area contributed by atoms with Gasteiger partial charge in [0, 0.05) is 6.61 Å². The number of nitrogens with zero attached hydrogens (tertiary/aromatic N) is 1. The van der Waals surface area contributed by atoms with Crippen LogP contribution in [0.25, 0.3) is 0 Å². The summed E-state index contributed by atoms with van der Waals surface area (Å²) >= 11 is 0. The fraction of sp³-hybridized carbons (Fsp3) is 0.880. The third kappa shape index (κ3) is 9.55. The molecule has 0 spiro atoms. The highest BCUT2D eigenvalue weighted by Gasteiger charge is 2.25. The van der Waals surface area contributed by atoms with Crippen molar-refractivity contribution >= 4 is 0 Å². The van der Waals surface area contributed by atoms with E-state index in [1.165, 1.54) is 83.1 Å². The normalized spacial score (nSPS) is 28.8. The van der Waals surface area contributed by atoms with Crippen LogP contribution in [-0.2, 0) is 4.74 Å². The molecule has 0 aromatic carbocycles. The number of halogens is 1. The smallest absolute Gasteiger partial charge is 0.196 e. The van der Waals surface area contributed by atoms with Crippen molar-refractivity contribution < 1.29 is 9.13 Å². The Bertz CT molecular complexity index is 467. The first-order valence-corrected chi connectivity index (χ1v) is 12.1. The van der Waals surface area contributed by atoms with E-state index in [0.717, 1.165) is 37.7 Å². The summed E-state index contributed by atoms with van der Waals surface area (Å²) in [7, 11) is 0. The molecule has 2 nitrogen and oxygen atoms in total. The van der Waals surface area contributed by atoms with Crippen molar-refractivity contribution in [1.29, 1.82) is 5.26 Å². The number of unbranched alkanes of at least 4 members (excludes halogenated alkanes) is 4. The van der Waals surface area contributed by atoms with Gasteiger partial charge in [-0.25, -0.2) is 0 Å². The number of hydrogen-bond donors (Lipinski definition) is 0. The van der Waals surface area contributed by atoms with E-state index >= 15 is 0 Å². The van der Waals surface area contributed by atoms with Crippen molar-refractivity contribution in [2.45, 2.75) is 116 Å². The summed E-state index contributed by atoms with van der Waals surface area (Å²) in [6.45, 7) is 3.25. The van der Waals surface area contributed by atoms with Gasteiger partial charge >= 0.3 is 0 Å². The maximum Gasteiger partial charge on any atom is 0.196 e. The van der Waals surface area contributed by atoms with Crippen LogP contribution >= 0.6 is 0 Å². The molecule has 3 heteroatoms. The van der Waals surface area contributed by atoms with Crippen LogP contribution in [0.1, 0.15) is 110 Å². The molecule has 2 saturated carbocycles. The molecule has 0 unspecified atom stereocenters. The lowest BCUT2D eigenvalue weighted by molar-refractivity contribution is -0.0102. The molecule has 2 aliphatic rings. The van der Waals surface area contributed by atoms with Crippen molar-refractivity contribution in [2.75, 3.05) is 6.61 Å². The minimum absolute atomic E-state index is 0.443. The third-order valence-corrected chi connectivity index (χ3v) is 7.05. The second-order valence-corrected chi connectivity index (χ2v) is 9.31. The first-order valence-electron chi connectivity index (χ1n) is 12.1. The van der Waals surface area contributed by atoms with Crippen LogP contribution in [0.3, 0.4) is 0 Å². The molecule has 2 rings (SSSR count). The van der Waals surface area contributed by atoms with Crippen molar-refractivity contribution in [3.8, 4) is 6.07 Å². The van der Waals surface area contributed by atoms with Gasteiger partial charge in [0.25, 0.3) is 0 Å². The van der Waals surface area contributed by atoms with Gasteiger partial charge in [0.05, 0.1) is 6.10 Å². The first-order chi connectivity index (χ1) is 13.7. The molecule has 28 heavy (non-hydrogen) atoms. The van der Waals surface area contributed by atoms with Crippen LogP contribution < -0.4 is 0 Å². The minimum Gasteiger partial charge on any atom is -0.378 e. The van der Waals surface area contributed by atoms with Crippen molar-refractivity contribution in [2.24, 2.45) is 17.8 Å². The zero-order valence-corrected chi connectivity index (χ0v) is 18.1. The largest absolute Gasteiger partial charge is 0.378 e. The highest BCUT2D eigenvalue weighted by Crippen LogP contribution is 2.34. The Labute approximate surface area is 172 Å². The predicted molar refractivity (Wildman–Crippen MR) is 115 cm³/mol. The Balaban J connectivity index is 1.49. The Morgan fingerprint density at radius 3 is 2.18 bits per heavy atom. The molecule has 0 aliphatic heterocycles.